The zero-order valence-corrected chi connectivity index (χ0v) is 13.0. The average molecular weight is 323 g/mol. The minimum absolute atomic E-state index is 0.128. The number of carbonyl (C=O) groups excluding carboxylic acids is 3. The van der Waals surface area contributed by atoms with E-state index in [4.69, 9.17) is 11.6 Å². The van der Waals surface area contributed by atoms with Crippen molar-refractivity contribution in [3.63, 3.8) is 0 Å². The van der Waals surface area contributed by atoms with Gasteiger partial charge in [-0.15, -0.1) is 0 Å². The molecule has 1 atom stereocenters. The number of carbonyl (C=O) groups is 3. The number of halogens is 1. The number of nitrogens with zero attached hydrogens (tertiary/aromatic N) is 1. The van der Waals surface area contributed by atoms with Gasteiger partial charge < -0.3 is 15.0 Å². The largest absolute Gasteiger partial charge is 0.352 e. The van der Waals surface area contributed by atoms with Crippen molar-refractivity contribution in [1.29, 1.82) is 0 Å². The third-order valence-electron chi connectivity index (χ3n) is 3.75. The maximum absolute atomic E-state index is 12.0. The zero-order chi connectivity index (χ0) is 15.9. The van der Waals surface area contributed by atoms with Crippen molar-refractivity contribution in [3.8, 4) is 0 Å². The Balaban J connectivity index is 1.72. The highest BCUT2D eigenvalue weighted by atomic mass is 35.5. The van der Waals surface area contributed by atoms with Crippen LogP contribution in [-0.2, 0) is 20.9 Å². The molecule has 1 aromatic carbocycles. The molecule has 2 rings (SSSR count). The van der Waals surface area contributed by atoms with Gasteiger partial charge in [0, 0.05) is 31.0 Å². The summed E-state index contributed by atoms with van der Waals surface area (Å²) in [6.45, 7) is 1.01. The second kappa shape index (κ2) is 7.94. The summed E-state index contributed by atoms with van der Waals surface area (Å²) in [6, 6.07) is 6.89. The molecule has 0 saturated carbocycles. The summed E-state index contributed by atoms with van der Waals surface area (Å²) in [5, 5.41) is 3.42. The molecular weight excluding hydrogens is 304 g/mol. The lowest BCUT2D eigenvalue weighted by molar-refractivity contribution is -0.136. The van der Waals surface area contributed by atoms with Crippen molar-refractivity contribution in [2.45, 2.75) is 38.3 Å². The Labute approximate surface area is 134 Å². The Morgan fingerprint density at radius 3 is 2.68 bits per heavy atom. The summed E-state index contributed by atoms with van der Waals surface area (Å²) in [5.74, 6) is -0.304. The van der Waals surface area contributed by atoms with Gasteiger partial charge in [-0.1, -0.05) is 23.7 Å². The fourth-order valence-corrected chi connectivity index (χ4v) is 2.62. The number of likely N-dealkylation sites (tertiary alicyclic amines) is 1. The van der Waals surface area contributed by atoms with E-state index in [2.05, 4.69) is 5.32 Å². The van der Waals surface area contributed by atoms with Gasteiger partial charge in [0.05, 0.1) is 6.04 Å². The minimum Gasteiger partial charge on any atom is -0.352 e. The van der Waals surface area contributed by atoms with Crippen molar-refractivity contribution < 1.29 is 14.4 Å². The van der Waals surface area contributed by atoms with Crippen LogP contribution in [0.5, 0.6) is 0 Å². The Morgan fingerprint density at radius 1 is 1.27 bits per heavy atom. The van der Waals surface area contributed by atoms with Gasteiger partial charge in [0.15, 0.2) is 0 Å². The van der Waals surface area contributed by atoms with E-state index in [9.17, 15) is 14.4 Å². The van der Waals surface area contributed by atoms with E-state index in [-0.39, 0.29) is 30.7 Å². The maximum atomic E-state index is 12.0. The van der Waals surface area contributed by atoms with Crippen LogP contribution in [0.3, 0.4) is 0 Å². The highest BCUT2D eigenvalue weighted by molar-refractivity contribution is 6.30. The molecule has 1 aliphatic rings. The summed E-state index contributed by atoms with van der Waals surface area (Å²) in [7, 11) is 0. The first-order valence-electron chi connectivity index (χ1n) is 7.36. The van der Waals surface area contributed by atoms with Crippen LogP contribution >= 0.6 is 11.6 Å². The second-order valence-electron chi connectivity index (χ2n) is 5.34. The second-order valence-corrected chi connectivity index (χ2v) is 5.77. The van der Waals surface area contributed by atoms with Crippen LogP contribution in [0.2, 0.25) is 5.02 Å². The van der Waals surface area contributed by atoms with Crippen molar-refractivity contribution >= 4 is 29.7 Å². The summed E-state index contributed by atoms with van der Waals surface area (Å²) in [5.41, 5.74) is 0.949. The SMILES string of the molecule is O=CC1CCCN1C(=O)CCC(=O)NCc1ccc(Cl)cc1. The molecule has 6 heteroatoms. The first-order chi connectivity index (χ1) is 10.6. The van der Waals surface area contributed by atoms with Crippen molar-refractivity contribution in [2.75, 3.05) is 6.54 Å². The van der Waals surface area contributed by atoms with Crippen molar-refractivity contribution in [3.05, 3.63) is 34.9 Å². The molecule has 0 spiro atoms. The van der Waals surface area contributed by atoms with Crippen LogP contribution in [-0.4, -0.2) is 35.6 Å². The minimum atomic E-state index is -0.315. The number of hydrogen-bond donors (Lipinski definition) is 1. The first-order valence-corrected chi connectivity index (χ1v) is 7.74. The zero-order valence-electron chi connectivity index (χ0n) is 12.3. The van der Waals surface area contributed by atoms with Crippen LogP contribution in [0, 0.1) is 0 Å². The number of benzene rings is 1. The van der Waals surface area contributed by atoms with Crippen LogP contribution < -0.4 is 5.32 Å². The highest BCUT2D eigenvalue weighted by Crippen LogP contribution is 2.17. The Kier molecular flexibility index (Phi) is 5.95. The van der Waals surface area contributed by atoms with Gasteiger partial charge in [-0.2, -0.15) is 0 Å². The molecule has 118 valence electrons. The summed E-state index contributed by atoms with van der Waals surface area (Å²) in [4.78, 5) is 36.2. The molecule has 0 aromatic heterocycles. The van der Waals surface area contributed by atoms with Crippen LogP contribution in [0.1, 0.15) is 31.2 Å². The van der Waals surface area contributed by atoms with E-state index in [1.54, 1.807) is 17.0 Å². The standard InChI is InChI=1S/C16H19ClN2O3/c17-13-5-3-12(4-6-13)10-18-15(21)7-8-16(22)19-9-1-2-14(19)11-20/h3-6,11,14H,1-2,7-10H2,(H,18,21). The van der Waals surface area contributed by atoms with Gasteiger partial charge in [-0.05, 0) is 30.5 Å². The summed E-state index contributed by atoms with van der Waals surface area (Å²) in [6.07, 6.45) is 2.65. The highest BCUT2D eigenvalue weighted by Gasteiger charge is 2.27. The molecule has 1 aliphatic heterocycles. The lowest BCUT2D eigenvalue weighted by Crippen LogP contribution is -2.37. The van der Waals surface area contributed by atoms with Crippen LogP contribution in [0.15, 0.2) is 24.3 Å². The van der Waals surface area contributed by atoms with Gasteiger partial charge in [0.2, 0.25) is 11.8 Å². The van der Waals surface area contributed by atoms with E-state index in [0.29, 0.717) is 18.1 Å². The lowest BCUT2D eigenvalue weighted by atomic mass is 10.2. The normalized spacial score (nSPS) is 17.3. The Bertz CT molecular complexity index is 545. The molecular formula is C16H19ClN2O3. The number of aldehydes is 1. The average Bonchev–Trinajstić information content (AvgIpc) is 3.00. The predicted octanol–water partition coefficient (Wildman–Crippen LogP) is 1.93. The molecule has 0 radical (unpaired) electrons. The third kappa shape index (κ3) is 4.56. The van der Waals surface area contributed by atoms with Gasteiger partial charge in [-0.25, -0.2) is 0 Å². The molecule has 1 unspecified atom stereocenters. The maximum Gasteiger partial charge on any atom is 0.223 e. The molecule has 1 heterocycles. The van der Waals surface area contributed by atoms with Gasteiger partial charge >= 0.3 is 0 Å². The Morgan fingerprint density at radius 2 is 2.00 bits per heavy atom. The van der Waals surface area contributed by atoms with Crippen molar-refractivity contribution in [1.82, 2.24) is 10.2 Å². The van der Waals surface area contributed by atoms with E-state index >= 15 is 0 Å². The van der Waals surface area contributed by atoms with E-state index < -0.39 is 0 Å². The monoisotopic (exact) mass is 322 g/mol. The molecule has 2 amide bonds. The van der Waals surface area contributed by atoms with Crippen molar-refractivity contribution in [2.24, 2.45) is 0 Å². The number of amides is 2. The third-order valence-corrected chi connectivity index (χ3v) is 4.00. The smallest absolute Gasteiger partial charge is 0.223 e. The predicted molar refractivity (Wildman–Crippen MR) is 83.3 cm³/mol. The van der Waals surface area contributed by atoms with Gasteiger partial charge in [-0.3, -0.25) is 9.59 Å². The number of nitrogens with one attached hydrogen (secondary N) is 1. The quantitative estimate of drug-likeness (QED) is 0.814. The molecule has 1 aromatic rings. The summed E-state index contributed by atoms with van der Waals surface area (Å²) < 4.78 is 0. The van der Waals surface area contributed by atoms with E-state index in [1.165, 1.54) is 0 Å². The molecule has 1 saturated heterocycles. The molecule has 5 nitrogen and oxygen atoms in total. The molecule has 0 bridgehead atoms. The van der Waals surface area contributed by atoms with E-state index in [0.717, 1.165) is 24.7 Å². The van der Waals surface area contributed by atoms with Gasteiger partial charge in [0.1, 0.15) is 6.29 Å². The van der Waals surface area contributed by atoms with E-state index in [1.807, 2.05) is 12.1 Å². The van der Waals surface area contributed by atoms with Crippen LogP contribution in [0.4, 0.5) is 0 Å². The Hall–Kier alpha value is -1.88. The lowest BCUT2D eigenvalue weighted by Gasteiger charge is -2.20. The topological polar surface area (TPSA) is 66.5 Å². The molecule has 22 heavy (non-hydrogen) atoms. The first kappa shape index (κ1) is 16.5. The molecule has 1 N–H and O–H groups in total. The fourth-order valence-electron chi connectivity index (χ4n) is 2.50. The number of rotatable bonds is 6. The van der Waals surface area contributed by atoms with Crippen LogP contribution in [0.25, 0.3) is 0 Å². The summed E-state index contributed by atoms with van der Waals surface area (Å²) >= 11 is 5.79. The molecule has 0 aliphatic carbocycles. The van der Waals surface area contributed by atoms with Gasteiger partial charge in [0.25, 0.3) is 0 Å². The molecule has 1 fully saturated rings. The number of hydrogen-bond acceptors (Lipinski definition) is 3. The fraction of sp³-hybridized carbons (Fsp3) is 0.438.